The summed E-state index contributed by atoms with van der Waals surface area (Å²) in [7, 11) is 0. The molecular weight excluding hydrogens is 436 g/mol. The monoisotopic (exact) mass is 447 g/mol. The number of benzene rings is 2. The van der Waals surface area contributed by atoms with E-state index in [1.807, 2.05) is 18.2 Å². The zero-order valence-electron chi connectivity index (χ0n) is 12.8. The molecule has 2 aromatic carbocycles. The number of aliphatic imine (C=N–C) groups is 1. The molecule has 5 nitrogen and oxygen atoms in total. The summed E-state index contributed by atoms with van der Waals surface area (Å²) in [5.41, 5.74) is 2.80. The molecule has 1 aliphatic rings. The average molecular weight is 447 g/mol. The molecule has 0 bridgehead atoms. The van der Waals surface area contributed by atoms with Crippen LogP contribution in [0.15, 0.2) is 53.8 Å². The molecular formula is C18H11FIN3O2. The minimum atomic E-state index is -1.11. The Labute approximate surface area is 156 Å². The van der Waals surface area contributed by atoms with Crippen LogP contribution in [0.1, 0.15) is 27.3 Å². The highest BCUT2D eigenvalue weighted by Gasteiger charge is 2.25. The first-order valence-electron chi connectivity index (χ1n) is 7.45. The molecule has 0 unspecified atom stereocenters. The Balaban J connectivity index is 2.01. The predicted octanol–water partition coefficient (Wildman–Crippen LogP) is 3.67. The van der Waals surface area contributed by atoms with Gasteiger partial charge in [0.1, 0.15) is 12.1 Å². The number of nitrogens with zero attached hydrogens (tertiary/aromatic N) is 3. The lowest BCUT2D eigenvalue weighted by atomic mass is 10.00. The topological polar surface area (TPSA) is 67.5 Å². The van der Waals surface area contributed by atoms with Crippen LogP contribution in [0.4, 0.5) is 4.39 Å². The van der Waals surface area contributed by atoms with Gasteiger partial charge in [-0.05, 0) is 52.9 Å². The standard InChI is InChI=1S/C18H11FIN3O2/c19-13-4-2-1-3-11(13)16-12-7-10(20)5-6-14(12)23-9-22-17(18(24)25)15(23)8-21-16/h1-7,9H,8H2,(H,24,25). The highest BCUT2D eigenvalue weighted by atomic mass is 127. The van der Waals surface area contributed by atoms with Gasteiger partial charge in [0.15, 0.2) is 5.69 Å². The van der Waals surface area contributed by atoms with Crippen molar-refractivity contribution >= 4 is 34.3 Å². The van der Waals surface area contributed by atoms with Crippen molar-refractivity contribution in [3.8, 4) is 5.69 Å². The first-order chi connectivity index (χ1) is 12.1. The highest BCUT2D eigenvalue weighted by molar-refractivity contribution is 14.1. The lowest BCUT2D eigenvalue weighted by Gasteiger charge is -2.12. The lowest BCUT2D eigenvalue weighted by molar-refractivity contribution is 0.0689. The zero-order chi connectivity index (χ0) is 17.6. The van der Waals surface area contributed by atoms with Gasteiger partial charge in [-0.1, -0.05) is 12.1 Å². The van der Waals surface area contributed by atoms with Gasteiger partial charge in [0.05, 0.1) is 23.6 Å². The number of rotatable bonds is 2. The third-order valence-corrected chi connectivity index (χ3v) is 4.73. The molecule has 0 fully saturated rings. The van der Waals surface area contributed by atoms with E-state index in [1.165, 1.54) is 12.4 Å². The molecule has 0 atom stereocenters. The van der Waals surface area contributed by atoms with Crippen LogP contribution in [0, 0.1) is 9.39 Å². The Hall–Kier alpha value is -2.55. The first-order valence-corrected chi connectivity index (χ1v) is 8.53. The SMILES string of the molecule is O=C(O)c1ncn2c1CN=C(c1ccccc1F)c1cc(I)ccc1-2. The largest absolute Gasteiger partial charge is 0.476 e. The molecule has 124 valence electrons. The molecule has 4 rings (SSSR count). The number of hydrogen-bond acceptors (Lipinski definition) is 3. The van der Waals surface area contributed by atoms with Gasteiger partial charge in [-0.15, -0.1) is 0 Å². The van der Waals surface area contributed by atoms with Crippen LogP contribution >= 0.6 is 22.6 Å². The van der Waals surface area contributed by atoms with Gasteiger partial charge in [0.2, 0.25) is 0 Å². The van der Waals surface area contributed by atoms with E-state index < -0.39 is 5.97 Å². The lowest BCUT2D eigenvalue weighted by Crippen LogP contribution is -2.09. The van der Waals surface area contributed by atoms with Gasteiger partial charge >= 0.3 is 5.97 Å². The third kappa shape index (κ3) is 2.64. The summed E-state index contributed by atoms with van der Waals surface area (Å²) >= 11 is 2.18. The highest BCUT2D eigenvalue weighted by Crippen LogP contribution is 2.28. The van der Waals surface area contributed by atoms with Crippen LogP contribution in [-0.2, 0) is 6.54 Å². The summed E-state index contributed by atoms with van der Waals surface area (Å²) in [6.45, 7) is 0.108. The van der Waals surface area contributed by atoms with Gasteiger partial charge < -0.3 is 5.11 Å². The van der Waals surface area contributed by atoms with E-state index in [2.05, 4.69) is 32.6 Å². The molecule has 0 saturated carbocycles. The van der Waals surface area contributed by atoms with Crippen LogP contribution in [0.5, 0.6) is 0 Å². The van der Waals surface area contributed by atoms with Crippen molar-refractivity contribution < 1.29 is 14.3 Å². The van der Waals surface area contributed by atoms with Crippen LogP contribution in [0.2, 0.25) is 0 Å². The first kappa shape index (κ1) is 15.9. The van der Waals surface area contributed by atoms with Gasteiger partial charge in [0.25, 0.3) is 0 Å². The minimum Gasteiger partial charge on any atom is -0.476 e. The summed E-state index contributed by atoms with van der Waals surface area (Å²) in [4.78, 5) is 20.0. The summed E-state index contributed by atoms with van der Waals surface area (Å²) in [6, 6.07) is 12.1. The third-order valence-electron chi connectivity index (χ3n) is 4.06. The second-order valence-corrected chi connectivity index (χ2v) is 6.77. The van der Waals surface area contributed by atoms with Crippen LogP contribution in [0.25, 0.3) is 5.69 Å². The van der Waals surface area contributed by atoms with Gasteiger partial charge in [0, 0.05) is 14.7 Å². The fourth-order valence-electron chi connectivity index (χ4n) is 2.94. The maximum absolute atomic E-state index is 14.4. The summed E-state index contributed by atoms with van der Waals surface area (Å²) in [6.07, 6.45) is 1.48. The predicted molar refractivity (Wildman–Crippen MR) is 99.0 cm³/mol. The smallest absolute Gasteiger partial charge is 0.356 e. The maximum Gasteiger partial charge on any atom is 0.356 e. The molecule has 0 amide bonds. The normalized spacial score (nSPS) is 12.8. The average Bonchev–Trinajstić information content (AvgIpc) is 2.94. The van der Waals surface area contributed by atoms with Gasteiger partial charge in [-0.2, -0.15) is 0 Å². The van der Waals surface area contributed by atoms with Crippen LogP contribution in [0.3, 0.4) is 0 Å². The Kier molecular flexibility index (Phi) is 3.87. The Morgan fingerprint density at radius 3 is 2.76 bits per heavy atom. The van der Waals surface area contributed by atoms with Crippen LogP contribution < -0.4 is 0 Å². The van der Waals surface area contributed by atoms with Crippen molar-refractivity contribution in [2.45, 2.75) is 6.54 Å². The number of aromatic carboxylic acids is 1. The van der Waals surface area contributed by atoms with Crippen molar-refractivity contribution in [1.29, 1.82) is 0 Å². The Morgan fingerprint density at radius 2 is 2.00 bits per heavy atom. The molecule has 0 saturated heterocycles. The second-order valence-electron chi connectivity index (χ2n) is 5.52. The molecule has 2 heterocycles. The molecule has 0 spiro atoms. The number of fused-ring (bicyclic) bond motifs is 3. The Morgan fingerprint density at radius 1 is 1.20 bits per heavy atom. The molecule has 1 aromatic heterocycles. The van der Waals surface area contributed by atoms with E-state index in [9.17, 15) is 14.3 Å². The summed E-state index contributed by atoms with van der Waals surface area (Å²) < 4.78 is 17.1. The fourth-order valence-corrected chi connectivity index (χ4v) is 3.43. The molecule has 25 heavy (non-hydrogen) atoms. The summed E-state index contributed by atoms with van der Waals surface area (Å²) in [5.74, 6) is -1.47. The summed E-state index contributed by atoms with van der Waals surface area (Å²) in [5, 5.41) is 9.36. The van der Waals surface area contributed by atoms with E-state index in [4.69, 9.17) is 0 Å². The van der Waals surface area contributed by atoms with E-state index in [-0.39, 0.29) is 18.1 Å². The van der Waals surface area contributed by atoms with Crippen molar-refractivity contribution in [3.63, 3.8) is 0 Å². The molecule has 1 N–H and O–H groups in total. The number of carbonyl (C=O) groups is 1. The van der Waals surface area contributed by atoms with E-state index in [0.717, 1.165) is 14.8 Å². The van der Waals surface area contributed by atoms with Gasteiger partial charge in [-0.25, -0.2) is 14.2 Å². The maximum atomic E-state index is 14.4. The zero-order valence-corrected chi connectivity index (χ0v) is 14.9. The fraction of sp³-hybridized carbons (Fsp3) is 0.0556. The molecule has 7 heteroatoms. The van der Waals surface area contributed by atoms with Crippen LogP contribution in [-0.4, -0.2) is 26.3 Å². The second kappa shape index (κ2) is 6.07. The molecule has 1 aliphatic heterocycles. The number of aromatic nitrogens is 2. The number of imidazole rings is 1. The van der Waals surface area contributed by atoms with Crippen molar-refractivity contribution in [3.05, 3.63) is 80.7 Å². The quantitative estimate of drug-likeness (QED) is 0.610. The van der Waals surface area contributed by atoms with Crippen molar-refractivity contribution in [2.24, 2.45) is 4.99 Å². The van der Waals surface area contributed by atoms with E-state index in [0.29, 0.717) is 17.0 Å². The van der Waals surface area contributed by atoms with E-state index >= 15 is 0 Å². The number of halogens is 2. The number of carboxylic acid groups (broad SMARTS) is 1. The molecule has 0 radical (unpaired) electrons. The van der Waals surface area contributed by atoms with Crippen molar-refractivity contribution in [1.82, 2.24) is 9.55 Å². The minimum absolute atomic E-state index is 0.0389. The Bertz CT molecular complexity index is 1040. The molecule has 3 aromatic rings. The van der Waals surface area contributed by atoms with Crippen molar-refractivity contribution in [2.75, 3.05) is 0 Å². The number of hydrogen-bond donors (Lipinski definition) is 1. The van der Waals surface area contributed by atoms with E-state index in [1.54, 1.807) is 22.8 Å². The number of carboxylic acids is 1. The van der Waals surface area contributed by atoms with Gasteiger partial charge in [-0.3, -0.25) is 9.56 Å². The molecule has 0 aliphatic carbocycles.